The summed E-state index contributed by atoms with van der Waals surface area (Å²) in [4.78, 5) is 0. The van der Waals surface area contributed by atoms with Crippen LogP contribution in [0.4, 0.5) is 0 Å². The molecule has 1 N–H and O–H groups in total. The standard InChI is InChI=1S/C19H22O3.Na.H/c20-17-10-6-15(7-11-17)4-5-16-8-12-18(13-9-16)22-19-3-1-2-14-21-19;;/h6-13,19-20H,1-5,14H2;;. The number of benzene rings is 2. The zero-order valence-corrected chi connectivity index (χ0v) is 12.7. The molecular formula is C19H23NaO3. The van der Waals surface area contributed by atoms with Crippen LogP contribution in [0.1, 0.15) is 30.4 Å². The molecule has 118 valence electrons. The molecule has 2 aromatic rings. The van der Waals surface area contributed by atoms with E-state index in [9.17, 15) is 5.11 Å². The third-order valence-corrected chi connectivity index (χ3v) is 3.97. The van der Waals surface area contributed by atoms with Crippen molar-refractivity contribution in [3.05, 3.63) is 59.7 Å². The van der Waals surface area contributed by atoms with Gasteiger partial charge in [0.15, 0.2) is 6.29 Å². The number of aryl methyl sites for hydroxylation is 2. The summed E-state index contributed by atoms with van der Waals surface area (Å²) in [5.41, 5.74) is 2.51. The molecule has 2 aromatic carbocycles. The van der Waals surface area contributed by atoms with Gasteiger partial charge in [-0.1, -0.05) is 24.3 Å². The quantitative estimate of drug-likeness (QED) is 0.857. The number of aromatic hydroxyl groups is 1. The Labute approximate surface area is 159 Å². The molecule has 1 unspecified atom stereocenters. The fraction of sp³-hybridized carbons (Fsp3) is 0.368. The van der Waals surface area contributed by atoms with Crippen LogP contribution >= 0.6 is 0 Å². The first-order valence-corrected chi connectivity index (χ1v) is 7.95. The Kier molecular flexibility index (Phi) is 7.44. The van der Waals surface area contributed by atoms with E-state index in [0.717, 1.165) is 38.0 Å². The van der Waals surface area contributed by atoms with Gasteiger partial charge in [-0.15, -0.1) is 0 Å². The van der Waals surface area contributed by atoms with Crippen molar-refractivity contribution in [2.45, 2.75) is 38.4 Å². The molecule has 1 atom stereocenters. The molecule has 0 aromatic heterocycles. The Morgan fingerprint density at radius 2 is 1.52 bits per heavy atom. The van der Waals surface area contributed by atoms with Gasteiger partial charge in [0.1, 0.15) is 11.5 Å². The second-order valence-corrected chi connectivity index (χ2v) is 5.72. The van der Waals surface area contributed by atoms with Crippen molar-refractivity contribution in [1.82, 2.24) is 0 Å². The minimum atomic E-state index is -0.0865. The minimum absolute atomic E-state index is 0. The second-order valence-electron chi connectivity index (χ2n) is 5.72. The van der Waals surface area contributed by atoms with Crippen LogP contribution in [-0.4, -0.2) is 47.6 Å². The molecule has 23 heavy (non-hydrogen) atoms. The van der Waals surface area contributed by atoms with Crippen LogP contribution in [0.25, 0.3) is 0 Å². The van der Waals surface area contributed by atoms with E-state index < -0.39 is 0 Å². The topological polar surface area (TPSA) is 38.7 Å². The van der Waals surface area contributed by atoms with Crippen LogP contribution in [0.3, 0.4) is 0 Å². The average Bonchev–Trinajstić information content (AvgIpc) is 2.57. The van der Waals surface area contributed by atoms with Gasteiger partial charge < -0.3 is 14.6 Å². The van der Waals surface area contributed by atoms with E-state index in [4.69, 9.17) is 9.47 Å². The second kappa shape index (κ2) is 9.33. The first kappa shape index (κ1) is 18.3. The summed E-state index contributed by atoms with van der Waals surface area (Å²) >= 11 is 0. The van der Waals surface area contributed by atoms with Crippen LogP contribution in [-0.2, 0) is 17.6 Å². The van der Waals surface area contributed by atoms with Gasteiger partial charge in [0.05, 0.1) is 6.61 Å². The third-order valence-electron chi connectivity index (χ3n) is 3.97. The summed E-state index contributed by atoms with van der Waals surface area (Å²) < 4.78 is 11.4. The van der Waals surface area contributed by atoms with E-state index in [1.165, 1.54) is 17.5 Å². The molecule has 0 spiro atoms. The molecule has 1 aliphatic heterocycles. The molecular weight excluding hydrogens is 299 g/mol. The van der Waals surface area contributed by atoms with Gasteiger partial charge in [0.25, 0.3) is 0 Å². The number of phenols is 1. The number of rotatable bonds is 5. The van der Waals surface area contributed by atoms with E-state index in [1.807, 2.05) is 24.3 Å². The van der Waals surface area contributed by atoms with Crippen molar-refractivity contribution in [3.8, 4) is 11.5 Å². The van der Waals surface area contributed by atoms with Crippen molar-refractivity contribution < 1.29 is 14.6 Å². The molecule has 3 rings (SSSR count). The van der Waals surface area contributed by atoms with E-state index in [2.05, 4.69) is 12.1 Å². The molecule has 1 fully saturated rings. The Balaban J connectivity index is 0.00000192. The number of hydrogen-bond donors (Lipinski definition) is 1. The summed E-state index contributed by atoms with van der Waals surface area (Å²) in [5.74, 6) is 1.19. The predicted octanol–water partition coefficient (Wildman–Crippen LogP) is 3.43. The van der Waals surface area contributed by atoms with Crippen molar-refractivity contribution in [1.29, 1.82) is 0 Å². The van der Waals surface area contributed by atoms with Gasteiger partial charge in [-0.3, -0.25) is 0 Å². The van der Waals surface area contributed by atoms with Crippen LogP contribution < -0.4 is 4.74 Å². The molecule has 0 amide bonds. The molecule has 0 saturated carbocycles. The van der Waals surface area contributed by atoms with E-state index >= 15 is 0 Å². The van der Waals surface area contributed by atoms with Crippen molar-refractivity contribution in [3.63, 3.8) is 0 Å². The summed E-state index contributed by atoms with van der Waals surface area (Å²) in [5, 5.41) is 9.28. The van der Waals surface area contributed by atoms with E-state index in [0.29, 0.717) is 5.75 Å². The van der Waals surface area contributed by atoms with Gasteiger partial charge >= 0.3 is 29.6 Å². The zero-order chi connectivity index (χ0) is 15.2. The molecule has 4 heteroatoms. The van der Waals surface area contributed by atoms with Crippen molar-refractivity contribution >= 4 is 29.6 Å². The molecule has 1 aliphatic rings. The first-order chi connectivity index (χ1) is 10.8. The zero-order valence-electron chi connectivity index (χ0n) is 12.7. The van der Waals surface area contributed by atoms with Crippen LogP contribution in [0, 0.1) is 0 Å². The summed E-state index contributed by atoms with van der Waals surface area (Å²) in [6.07, 6.45) is 5.14. The molecule has 0 aliphatic carbocycles. The molecule has 0 radical (unpaired) electrons. The monoisotopic (exact) mass is 322 g/mol. The van der Waals surface area contributed by atoms with Gasteiger partial charge in [0.2, 0.25) is 0 Å². The van der Waals surface area contributed by atoms with Crippen molar-refractivity contribution in [2.75, 3.05) is 6.61 Å². The fourth-order valence-electron chi connectivity index (χ4n) is 2.64. The van der Waals surface area contributed by atoms with Crippen LogP contribution in [0.2, 0.25) is 0 Å². The van der Waals surface area contributed by atoms with Gasteiger partial charge in [-0.2, -0.15) is 0 Å². The maximum atomic E-state index is 9.28. The van der Waals surface area contributed by atoms with Crippen LogP contribution in [0.15, 0.2) is 48.5 Å². The Bertz CT molecular complexity index is 575. The SMILES string of the molecule is Oc1ccc(CCc2ccc(OC3CCCCO3)cc2)cc1.[NaH]. The number of phenolic OH excluding ortho intramolecular Hbond substituents is 1. The number of hydrogen-bond acceptors (Lipinski definition) is 3. The van der Waals surface area contributed by atoms with Gasteiger partial charge in [-0.25, -0.2) is 0 Å². The molecule has 1 saturated heterocycles. The third kappa shape index (κ3) is 5.85. The first-order valence-electron chi connectivity index (χ1n) is 7.95. The Hall–Kier alpha value is -1.00. The maximum absolute atomic E-state index is 9.28. The summed E-state index contributed by atoms with van der Waals surface area (Å²) in [7, 11) is 0. The fourth-order valence-corrected chi connectivity index (χ4v) is 2.64. The van der Waals surface area contributed by atoms with E-state index in [-0.39, 0.29) is 35.8 Å². The van der Waals surface area contributed by atoms with Gasteiger partial charge in [0, 0.05) is 6.42 Å². The summed E-state index contributed by atoms with van der Waals surface area (Å²) in [6, 6.07) is 15.7. The van der Waals surface area contributed by atoms with Gasteiger partial charge in [-0.05, 0) is 61.1 Å². The molecule has 3 nitrogen and oxygen atoms in total. The van der Waals surface area contributed by atoms with Crippen LogP contribution in [0.5, 0.6) is 11.5 Å². The van der Waals surface area contributed by atoms with E-state index in [1.54, 1.807) is 12.1 Å². The summed E-state index contributed by atoms with van der Waals surface area (Å²) in [6.45, 7) is 0.801. The van der Waals surface area contributed by atoms with Crippen molar-refractivity contribution in [2.24, 2.45) is 0 Å². The molecule has 1 heterocycles. The number of ether oxygens (including phenoxy) is 2. The Morgan fingerprint density at radius 3 is 2.09 bits per heavy atom. The molecule has 0 bridgehead atoms. The predicted molar refractivity (Wildman–Crippen MR) is 93.3 cm³/mol. The normalized spacial score (nSPS) is 17.3. The average molecular weight is 322 g/mol. The Morgan fingerprint density at radius 1 is 0.913 bits per heavy atom.